The van der Waals surface area contributed by atoms with Crippen molar-refractivity contribution in [2.45, 2.75) is 123 Å². The maximum atomic E-state index is 14.0. The van der Waals surface area contributed by atoms with E-state index in [0.29, 0.717) is 12.8 Å². The van der Waals surface area contributed by atoms with E-state index in [2.05, 4.69) is 31.8 Å². The van der Waals surface area contributed by atoms with Gasteiger partial charge >= 0.3 is 24.0 Å². The molecule has 0 spiro atoms. The fourth-order valence-electron chi connectivity index (χ4n) is 7.42. The van der Waals surface area contributed by atoms with Gasteiger partial charge in [-0.15, -0.1) is 11.3 Å². The number of likely N-dealkylation sites (N-methyl/N-ethyl adjacent to an activating group) is 1. The molecule has 7 N–H and O–H groups in total. The first kappa shape index (κ1) is 59.6. The number of thiazole rings is 1. The number of esters is 2. The number of rotatable bonds is 28. The van der Waals surface area contributed by atoms with E-state index in [1.165, 1.54) is 57.8 Å². The number of benzene rings is 1. The summed E-state index contributed by atoms with van der Waals surface area (Å²) >= 11 is 1.05. The molecule has 0 radical (unpaired) electrons. The van der Waals surface area contributed by atoms with E-state index in [1.807, 2.05) is 32.7 Å². The van der Waals surface area contributed by atoms with Gasteiger partial charge in [0.15, 0.2) is 12.8 Å². The molecule has 6 atom stereocenters. The van der Waals surface area contributed by atoms with Crippen molar-refractivity contribution in [3.05, 3.63) is 45.9 Å². The minimum absolute atomic E-state index is 0.00596. The van der Waals surface area contributed by atoms with Crippen LogP contribution >= 0.6 is 32.9 Å². The molecule has 1 aliphatic rings. The molecule has 1 unspecified atom stereocenters. The number of ether oxygens (including phenoxy) is 3. The minimum atomic E-state index is -1.18. The molecule has 2 aromatic rings. The number of nitrogens with zero attached hydrogens (tertiary/aromatic N) is 3. The average Bonchev–Trinajstić information content (AvgIpc) is 3.81. The lowest BCUT2D eigenvalue weighted by molar-refractivity contribution is -0.158. The standard InChI is InChI=1S/C46H68N8O14S3/c1-8-11-40(59)67-26-54(39(58)23-47-43(62)36-12-9-10-17-53(36)7)37(27(2)3)22-38(68-30(6)56)44-50-34(24-69-44)42(61)49-32(21-31-13-15-33(57)16-14-31)20-28(4)41(60)51-52-46(65)66-18-19-70-71-25-35(45(63)64)48-29(5)55/h13-16,24,27-28,32,35-38,57H,8-12,17-23,25-26H2,1-7H3,(H,47,62)(H,48,55)(H,49,61)(H,51,60)(H,52,65)(H,63,64)/t28-,32+,35+,36?,37+,38-/m0/s1. The van der Waals surface area contributed by atoms with Gasteiger partial charge in [-0.05, 0) is 69.3 Å². The molecule has 1 aromatic carbocycles. The molecule has 1 aliphatic heterocycles. The first-order chi connectivity index (χ1) is 33.7. The summed E-state index contributed by atoms with van der Waals surface area (Å²) in [5.74, 6) is -5.50. The van der Waals surface area contributed by atoms with Crippen molar-refractivity contribution in [2.24, 2.45) is 11.8 Å². The number of hydrogen-bond acceptors (Lipinski definition) is 18. The van der Waals surface area contributed by atoms with E-state index in [4.69, 9.17) is 14.2 Å². The second kappa shape index (κ2) is 30.9. The van der Waals surface area contributed by atoms with Crippen LogP contribution < -0.4 is 26.8 Å². The number of aromatic nitrogens is 1. The Balaban J connectivity index is 1.72. The van der Waals surface area contributed by atoms with Gasteiger partial charge < -0.3 is 45.3 Å². The lowest BCUT2D eigenvalue weighted by Gasteiger charge is -2.36. The average molecular weight is 1050 g/mol. The van der Waals surface area contributed by atoms with Crippen molar-refractivity contribution in [2.75, 3.05) is 45.0 Å². The van der Waals surface area contributed by atoms with Crippen molar-refractivity contribution in [1.29, 1.82) is 0 Å². The van der Waals surface area contributed by atoms with E-state index in [9.17, 15) is 53.4 Å². The van der Waals surface area contributed by atoms with E-state index < -0.39 is 84.5 Å². The second-order valence-corrected chi connectivity index (χ2v) is 20.8. The summed E-state index contributed by atoms with van der Waals surface area (Å²) in [4.78, 5) is 122. The highest BCUT2D eigenvalue weighted by Crippen LogP contribution is 2.31. The molecule has 2 heterocycles. The lowest BCUT2D eigenvalue weighted by atomic mass is 9.95. The number of aromatic hydroxyl groups is 1. The van der Waals surface area contributed by atoms with Crippen LogP contribution in [0.5, 0.6) is 5.75 Å². The number of carbonyl (C=O) groups is 9. The van der Waals surface area contributed by atoms with Crippen molar-refractivity contribution in [3.8, 4) is 5.75 Å². The molecule has 0 aliphatic carbocycles. The lowest BCUT2D eigenvalue weighted by Crippen LogP contribution is -2.52. The molecule has 22 nitrogen and oxygen atoms in total. The highest BCUT2D eigenvalue weighted by molar-refractivity contribution is 8.76. The first-order valence-corrected chi connectivity index (χ1v) is 26.7. The summed E-state index contributed by atoms with van der Waals surface area (Å²) in [6.45, 7) is 9.44. The number of phenolic OH excluding ortho intramolecular Hbond substituents is 1. The fraction of sp³-hybridized carbons (Fsp3) is 0.609. The van der Waals surface area contributed by atoms with Gasteiger partial charge in [0.2, 0.25) is 23.6 Å². The maximum absolute atomic E-state index is 14.0. The highest BCUT2D eigenvalue weighted by atomic mass is 33.1. The number of hydrazine groups is 1. The van der Waals surface area contributed by atoms with Gasteiger partial charge in [-0.3, -0.25) is 43.9 Å². The smallest absolute Gasteiger partial charge is 0.426 e. The van der Waals surface area contributed by atoms with Gasteiger partial charge in [-0.25, -0.2) is 20.0 Å². The van der Waals surface area contributed by atoms with E-state index >= 15 is 0 Å². The predicted molar refractivity (Wildman–Crippen MR) is 265 cm³/mol. The number of aliphatic carboxylic acids is 1. The van der Waals surface area contributed by atoms with Crippen LogP contribution in [0.1, 0.15) is 114 Å². The topological polar surface area (TPSA) is 301 Å². The van der Waals surface area contributed by atoms with E-state index in [0.717, 1.165) is 36.3 Å². The number of piperidine rings is 1. The third-order valence-electron chi connectivity index (χ3n) is 11.1. The molecule has 1 saturated heterocycles. The molecule has 394 valence electrons. The van der Waals surface area contributed by atoms with Crippen molar-refractivity contribution in [1.82, 2.24) is 41.6 Å². The van der Waals surface area contributed by atoms with Crippen LogP contribution in [0.4, 0.5) is 4.79 Å². The van der Waals surface area contributed by atoms with Gasteiger partial charge in [0.1, 0.15) is 29.1 Å². The summed E-state index contributed by atoms with van der Waals surface area (Å²) in [5.41, 5.74) is 5.19. The molecule has 71 heavy (non-hydrogen) atoms. The van der Waals surface area contributed by atoms with Crippen LogP contribution in [0.25, 0.3) is 0 Å². The molecule has 0 bridgehead atoms. The summed E-state index contributed by atoms with van der Waals surface area (Å²) < 4.78 is 16.4. The summed E-state index contributed by atoms with van der Waals surface area (Å²) in [6.07, 6.45) is 1.45. The van der Waals surface area contributed by atoms with Crippen molar-refractivity contribution < 1.29 is 67.6 Å². The van der Waals surface area contributed by atoms with Crippen LogP contribution in [-0.4, -0.2) is 148 Å². The Labute approximate surface area is 425 Å². The van der Waals surface area contributed by atoms with Crippen LogP contribution in [0.3, 0.4) is 0 Å². The van der Waals surface area contributed by atoms with Crippen LogP contribution in [-0.2, 0) is 54.2 Å². The zero-order chi connectivity index (χ0) is 52.6. The van der Waals surface area contributed by atoms with Crippen LogP contribution in [0.2, 0.25) is 0 Å². The number of hydrogen-bond donors (Lipinski definition) is 7. The number of carboxylic acids is 1. The molecule has 1 aromatic heterocycles. The third kappa shape index (κ3) is 21.7. The predicted octanol–water partition coefficient (Wildman–Crippen LogP) is 3.69. The molecule has 25 heteroatoms. The first-order valence-electron chi connectivity index (χ1n) is 23.3. The molecule has 6 amide bonds. The Kier molecular flexibility index (Phi) is 26.0. The zero-order valence-corrected chi connectivity index (χ0v) is 43.6. The van der Waals surface area contributed by atoms with Gasteiger partial charge in [0.05, 0.1) is 12.6 Å². The van der Waals surface area contributed by atoms with E-state index in [-0.39, 0.29) is 84.7 Å². The number of carboxylic acid groups (broad SMARTS) is 1. The Hall–Kier alpha value is -5.66. The molecular formula is C46H68N8O14S3. The number of likely N-dealkylation sites (tertiary alicyclic amines) is 1. The highest BCUT2D eigenvalue weighted by Gasteiger charge is 2.35. The SMILES string of the molecule is CCCC(=O)OCN(C(=O)CNC(=O)C1CCCCN1C)[C@H](C[C@H](OC(C)=O)c1nc(C(=O)N[C@@H](Cc2ccc(O)cc2)C[C@H](C)C(=O)NNC(=O)OCCSSC[C@@H](NC(C)=O)C(=O)O)cs1)C(C)C. The van der Waals surface area contributed by atoms with Gasteiger partial charge in [0.25, 0.3) is 5.91 Å². The Morgan fingerprint density at radius 3 is 2.31 bits per heavy atom. The van der Waals surface area contributed by atoms with Gasteiger partial charge in [-0.2, -0.15) is 0 Å². The minimum Gasteiger partial charge on any atom is -0.508 e. The largest absolute Gasteiger partial charge is 0.508 e. The third-order valence-corrected chi connectivity index (χ3v) is 14.4. The summed E-state index contributed by atoms with van der Waals surface area (Å²) in [5, 5.41) is 28.8. The van der Waals surface area contributed by atoms with Crippen LogP contribution in [0.15, 0.2) is 29.6 Å². The zero-order valence-electron chi connectivity index (χ0n) is 41.2. The molecule has 0 saturated carbocycles. The summed E-state index contributed by atoms with van der Waals surface area (Å²) in [7, 11) is 4.26. The fourth-order valence-corrected chi connectivity index (χ4v) is 10.2. The monoisotopic (exact) mass is 1050 g/mol. The number of phenols is 1. The molecule has 1 fully saturated rings. The van der Waals surface area contributed by atoms with Crippen molar-refractivity contribution in [3.63, 3.8) is 0 Å². The van der Waals surface area contributed by atoms with Crippen molar-refractivity contribution >= 4 is 86.5 Å². The maximum Gasteiger partial charge on any atom is 0.426 e. The second-order valence-electron chi connectivity index (χ2n) is 17.3. The molecular weight excluding hydrogens is 985 g/mol. The number of carbonyl (C=O) groups excluding carboxylic acids is 8. The van der Waals surface area contributed by atoms with Gasteiger partial charge in [-0.1, -0.05) is 67.8 Å². The van der Waals surface area contributed by atoms with E-state index in [1.54, 1.807) is 19.1 Å². The summed E-state index contributed by atoms with van der Waals surface area (Å²) in [6, 6.07) is 3.45. The Bertz CT molecular complexity index is 2110. The Morgan fingerprint density at radius 2 is 1.68 bits per heavy atom. The molecule has 3 rings (SSSR count). The Morgan fingerprint density at radius 1 is 0.958 bits per heavy atom. The number of nitrogens with one attached hydrogen (secondary N) is 5. The normalized spacial score (nSPS) is 15.7. The number of amides is 6. The van der Waals surface area contributed by atoms with Crippen LogP contribution in [0, 0.1) is 11.8 Å². The quantitative estimate of drug-likeness (QED) is 0.0160. The van der Waals surface area contributed by atoms with Gasteiger partial charge in [0, 0.05) is 61.6 Å².